The van der Waals surface area contributed by atoms with Crippen molar-refractivity contribution in [3.05, 3.63) is 17.7 Å². The molecule has 0 unspecified atom stereocenters. The smallest absolute Gasteiger partial charge is 0.113 e. The molecule has 0 saturated carbocycles. The summed E-state index contributed by atoms with van der Waals surface area (Å²) in [7, 11) is 1.35. The first kappa shape index (κ1) is 8.25. The zero-order chi connectivity index (χ0) is 9.30. The Morgan fingerprint density at radius 1 is 1.42 bits per heavy atom. The Morgan fingerprint density at radius 2 is 2.00 bits per heavy atom. The first-order valence-corrected chi connectivity index (χ1v) is 2.98. The molecule has 0 amide bonds. The molecule has 64 valence electrons. The number of carboxylic acids is 2. The second kappa shape index (κ2) is 2.65. The lowest BCUT2D eigenvalue weighted by atomic mass is 10.3. The van der Waals surface area contributed by atoms with Gasteiger partial charge in [0.2, 0.25) is 0 Å². The molecule has 0 saturated heterocycles. The van der Waals surface area contributed by atoms with Gasteiger partial charge in [0.1, 0.15) is 5.69 Å². The summed E-state index contributed by atoms with van der Waals surface area (Å²) in [6.07, 6.45) is 1.07. The highest BCUT2D eigenvalue weighted by Crippen LogP contribution is 2.02. The molecule has 0 aliphatic heterocycles. The highest BCUT2D eigenvalue weighted by atomic mass is 16.4. The van der Waals surface area contributed by atoms with Crippen LogP contribution in [0.25, 0.3) is 0 Å². The summed E-state index contributed by atoms with van der Waals surface area (Å²) in [6.45, 7) is 0. The van der Waals surface area contributed by atoms with Crippen molar-refractivity contribution in [1.29, 1.82) is 0 Å². The zero-order valence-electron chi connectivity index (χ0n) is 6.10. The van der Waals surface area contributed by atoms with E-state index in [1.165, 1.54) is 7.05 Å². The predicted octanol–water partition coefficient (Wildman–Crippen LogP) is -2.85. The fraction of sp³-hybridized carbons (Fsp3) is 0.167. The van der Waals surface area contributed by atoms with Crippen molar-refractivity contribution in [3.63, 3.8) is 0 Å². The van der Waals surface area contributed by atoms with Crippen molar-refractivity contribution in [3.8, 4) is 0 Å². The van der Waals surface area contributed by atoms with Crippen LogP contribution in [-0.2, 0) is 7.05 Å². The molecular weight excluding hydrogens is 164 g/mol. The number of hydrogen-bond donors (Lipinski definition) is 0. The van der Waals surface area contributed by atoms with Gasteiger partial charge in [0.05, 0.1) is 24.0 Å². The maximum atomic E-state index is 10.3. The van der Waals surface area contributed by atoms with Crippen LogP contribution in [0.15, 0.2) is 6.33 Å². The van der Waals surface area contributed by atoms with Crippen molar-refractivity contribution >= 4 is 11.9 Å². The number of imidazole rings is 1. The van der Waals surface area contributed by atoms with Crippen molar-refractivity contribution in [2.75, 3.05) is 0 Å². The van der Waals surface area contributed by atoms with E-state index in [0.717, 1.165) is 10.9 Å². The molecule has 1 aromatic rings. The first-order valence-electron chi connectivity index (χ1n) is 2.98. The van der Waals surface area contributed by atoms with Gasteiger partial charge in [-0.1, -0.05) is 0 Å². The second-order valence-electron chi connectivity index (χ2n) is 2.13. The molecular formula is C6H4N2O4-2. The molecule has 0 aliphatic rings. The summed E-state index contributed by atoms with van der Waals surface area (Å²) < 4.78 is 1.04. The number of aromatic nitrogens is 2. The Bertz CT molecular complexity index is 341. The summed E-state index contributed by atoms with van der Waals surface area (Å²) in [5.41, 5.74) is -1.10. The first-order chi connectivity index (χ1) is 5.54. The van der Waals surface area contributed by atoms with Crippen LogP contribution < -0.4 is 10.2 Å². The second-order valence-corrected chi connectivity index (χ2v) is 2.13. The molecule has 1 heterocycles. The van der Waals surface area contributed by atoms with Gasteiger partial charge in [-0.25, -0.2) is 4.98 Å². The van der Waals surface area contributed by atoms with E-state index in [1.807, 2.05) is 0 Å². The Labute approximate surface area is 67.1 Å². The number of carboxylic acid groups (broad SMARTS) is 2. The number of rotatable bonds is 2. The highest BCUT2D eigenvalue weighted by Gasteiger charge is 2.09. The standard InChI is InChI=1S/C6H6N2O4/c1-8-2-7-3(5(9)10)4(8)6(11)12/h2H,1H3,(H,9,10)(H,11,12)/p-2. The maximum Gasteiger partial charge on any atom is 0.113 e. The average molecular weight is 168 g/mol. The number of hydrogen-bond acceptors (Lipinski definition) is 5. The fourth-order valence-electron chi connectivity index (χ4n) is 0.820. The topological polar surface area (TPSA) is 98.1 Å². The summed E-state index contributed by atoms with van der Waals surface area (Å²) in [4.78, 5) is 23.9. The zero-order valence-corrected chi connectivity index (χ0v) is 6.10. The van der Waals surface area contributed by atoms with Crippen LogP contribution in [0.1, 0.15) is 21.0 Å². The van der Waals surface area contributed by atoms with Crippen LogP contribution >= 0.6 is 0 Å². The summed E-state index contributed by atoms with van der Waals surface area (Å²) in [6, 6.07) is 0. The van der Waals surface area contributed by atoms with Gasteiger partial charge in [0, 0.05) is 7.05 Å². The number of aromatic carboxylic acids is 2. The normalized spacial score (nSPS) is 9.75. The van der Waals surface area contributed by atoms with Gasteiger partial charge in [0.15, 0.2) is 0 Å². The van der Waals surface area contributed by atoms with Gasteiger partial charge in [-0.2, -0.15) is 0 Å². The van der Waals surface area contributed by atoms with Crippen molar-refractivity contribution in [2.24, 2.45) is 7.05 Å². The van der Waals surface area contributed by atoms with Crippen LogP contribution in [0.2, 0.25) is 0 Å². The van der Waals surface area contributed by atoms with Crippen LogP contribution in [-0.4, -0.2) is 21.5 Å². The van der Waals surface area contributed by atoms with E-state index >= 15 is 0 Å². The Hall–Kier alpha value is -1.85. The average Bonchev–Trinajstić information content (AvgIpc) is 2.30. The molecule has 0 N–H and O–H groups in total. The lowest BCUT2D eigenvalue weighted by molar-refractivity contribution is -0.260. The van der Waals surface area contributed by atoms with Crippen molar-refractivity contribution in [1.82, 2.24) is 9.55 Å². The molecule has 0 bridgehead atoms. The molecule has 12 heavy (non-hydrogen) atoms. The largest absolute Gasteiger partial charge is 0.543 e. The van der Waals surface area contributed by atoms with Gasteiger partial charge >= 0.3 is 0 Å². The third kappa shape index (κ3) is 1.14. The lowest BCUT2D eigenvalue weighted by Crippen LogP contribution is -2.31. The van der Waals surface area contributed by atoms with Crippen LogP contribution in [0, 0.1) is 0 Å². The number of carbonyl (C=O) groups is 2. The summed E-state index contributed by atoms with van der Waals surface area (Å²) in [5.74, 6) is -3.22. The minimum Gasteiger partial charge on any atom is -0.543 e. The Kier molecular flexibility index (Phi) is 1.82. The van der Waals surface area contributed by atoms with Crippen LogP contribution in [0.3, 0.4) is 0 Å². The molecule has 0 aliphatic carbocycles. The number of aryl methyl sites for hydroxylation is 1. The SMILES string of the molecule is Cn1cnc(C(=O)[O-])c1C(=O)[O-]. The van der Waals surface area contributed by atoms with Crippen molar-refractivity contribution < 1.29 is 19.8 Å². The quantitative estimate of drug-likeness (QED) is 0.473. The molecule has 0 aromatic carbocycles. The van der Waals surface area contributed by atoms with Gasteiger partial charge in [-0.05, 0) is 0 Å². The van der Waals surface area contributed by atoms with Crippen LogP contribution in [0.4, 0.5) is 0 Å². The van der Waals surface area contributed by atoms with Crippen molar-refractivity contribution in [2.45, 2.75) is 0 Å². The molecule has 0 radical (unpaired) electrons. The molecule has 6 nitrogen and oxygen atoms in total. The summed E-state index contributed by atoms with van der Waals surface area (Å²) in [5, 5.41) is 20.6. The Balaban J connectivity index is 3.31. The lowest BCUT2D eigenvalue weighted by Gasteiger charge is -2.06. The molecule has 0 atom stereocenters. The molecule has 0 fully saturated rings. The number of nitrogens with zero attached hydrogens (tertiary/aromatic N) is 2. The Morgan fingerprint density at radius 3 is 2.33 bits per heavy atom. The van der Waals surface area contributed by atoms with Gasteiger partial charge in [0.25, 0.3) is 0 Å². The minimum absolute atomic E-state index is 0.491. The van der Waals surface area contributed by atoms with Gasteiger partial charge < -0.3 is 24.4 Å². The molecule has 1 aromatic heterocycles. The van der Waals surface area contributed by atoms with E-state index in [2.05, 4.69) is 4.98 Å². The maximum absolute atomic E-state index is 10.3. The minimum atomic E-state index is -1.63. The molecule has 6 heteroatoms. The fourth-order valence-corrected chi connectivity index (χ4v) is 0.820. The highest BCUT2D eigenvalue weighted by molar-refractivity contribution is 5.97. The van der Waals surface area contributed by atoms with E-state index in [1.54, 1.807) is 0 Å². The van der Waals surface area contributed by atoms with Gasteiger partial charge in [-0.3, -0.25) is 0 Å². The van der Waals surface area contributed by atoms with E-state index in [-0.39, 0.29) is 0 Å². The van der Waals surface area contributed by atoms with E-state index < -0.39 is 23.3 Å². The van der Waals surface area contributed by atoms with E-state index in [9.17, 15) is 19.8 Å². The monoisotopic (exact) mass is 168 g/mol. The third-order valence-corrected chi connectivity index (χ3v) is 1.32. The van der Waals surface area contributed by atoms with Gasteiger partial charge in [-0.15, -0.1) is 0 Å². The third-order valence-electron chi connectivity index (χ3n) is 1.32. The summed E-state index contributed by atoms with van der Waals surface area (Å²) >= 11 is 0. The van der Waals surface area contributed by atoms with E-state index in [4.69, 9.17) is 0 Å². The predicted molar refractivity (Wildman–Crippen MR) is 31.9 cm³/mol. The number of carbonyl (C=O) groups excluding carboxylic acids is 2. The van der Waals surface area contributed by atoms with E-state index in [0.29, 0.717) is 0 Å². The van der Waals surface area contributed by atoms with Crippen LogP contribution in [0.5, 0.6) is 0 Å². The molecule has 1 rings (SSSR count). The molecule has 0 spiro atoms.